The Balaban J connectivity index is 2.78. The molecule has 0 saturated heterocycles. The molecule has 0 radical (unpaired) electrons. The van der Waals surface area contributed by atoms with Crippen LogP contribution in [0.1, 0.15) is 59.3 Å². The summed E-state index contributed by atoms with van der Waals surface area (Å²) < 4.78 is 10.8. The molecule has 0 unspecified atom stereocenters. The predicted molar refractivity (Wildman–Crippen MR) is 78.5 cm³/mol. The van der Waals surface area contributed by atoms with E-state index in [4.69, 9.17) is 9.47 Å². The second-order valence-electron chi connectivity index (χ2n) is 5.81. The average molecular weight is 284 g/mol. The smallest absolute Gasteiger partial charge is 0.339 e. The summed E-state index contributed by atoms with van der Waals surface area (Å²) >= 11 is 0. The molecule has 0 fully saturated rings. The van der Waals surface area contributed by atoms with Crippen molar-refractivity contribution in [2.24, 2.45) is 5.92 Å². The Labute approximate surface area is 122 Å². The quantitative estimate of drug-likeness (QED) is 0.571. The maximum absolute atomic E-state index is 11.8. The van der Waals surface area contributed by atoms with Gasteiger partial charge >= 0.3 is 5.97 Å². The van der Waals surface area contributed by atoms with Crippen LogP contribution in [0.25, 0.3) is 0 Å². The summed E-state index contributed by atoms with van der Waals surface area (Å²) in [6.07, 6.45) is 5.27. The van der Waals surface area contributed by atoms with E-state index in [0.717, 1.165) is 19.3 Å². The molecule has 0 aliphatic carbocycles. The molecule has 1 N–H and O–H groups in total. The molecule has 0 bridgehead atoms. The molecule has 116 valence electrons. The van der Waals surface area contributed by atoms with Gasteiger partial charge in [0.2, 0.25) is 0 Å². The third-order valence-electron chi connectivity index (χ3n) is 3.84. The molecule has 0 amide bonds. The molecule has 0 aromatic rings. The molecule has 4 heteroatoms. The van der Waals surface area contributed by atoms with Gasteiger partial charge < -0.3 is 14.6 Å². The summed E-state index contributed by atoms with van der Waals surface area (Å²) in [6.45, 7) is 6.29. The molecule has 0 saturated carbocycles. The first kappa shape index (κ1) is 17.0. The van der Waals surface area contributed by atoms with Gasteiger partial charge in [-0.3, -0.25) is 0 Å². The Morgan fingerprint density at radius 1 is 1.40 bits per heavy atom. The van der Waals surface area contributed by atoms with Crippen LogP contribution in [0.15, 0.2) is 11.3 Å². The lowest BCUT2D eigenvalue weighted by Gasteiger charge is -2.33. The maximum Gasteiger partial charge on any atom is 0.339 e. The Morgan fingerprint density at radius 2 is 2.10 bits per heavy atom. The second-order valence-corrected chi connectivity index (χ2v) is 5.81. The number of unbranched alkanes of at least 4 members (excludes halogenated alkanes) is 3. The highest BCUT2D eigenvalue weighted by Gasteiger charge is 2.35. The molecular formula is C16H28O4. The lowest BCUT2D eigenvalue weighted by molar-refractivity contribution is -0.140. The molecule has 1 heterocycles. The zero-order valence-corrected chi connectivity index (χ0v) is 13.1. The molecule has 4 nitrogen and oxygen atoms in total. The predicted octanol–water partition coefficient (Wildman–Crippen LogP) is 3.76. The standard InChI is InChI=1S/C16H28O4/c1-5-6-7-8-9-13-15(16(18)19-4)12(17)10-14(20-13)11(2)3/h11,13-14,17H,5-10H2,1-4H3/t13-,14-/m0/s1. The molecule has 1 aliphatic rings. The number of aliphatic hydroxyl groups is 1. The van der Waals surface area contributed by atoms with Crippen LogP contribution in [0, 0.1) is 5.92 Å². The van der Waals surface area contributed by atoms with E-state index in [1.165, 1.54) is 20.0 Å². The highest BCUT2D eigenvalue weighted by molar-refractivity contribution is 5.90. The van der Waals surface area contributed by atoms with E-state index in [-0.39, 0.29) is 18.0 Å². The van der Waals surface area contributed by atoms with Crippen LogP contribution >= 0.6 is 0 Å². The van der Waals surface area contributed by atoms with E-state index >= 15 is 0 Å². The topological polar surface area (TPSA) is 55.8 Å². The Kier molecular flexibility index (Phi) is 7.06. The number of methoxy groups -OCH3 is 1. The molecule has 1 aliphatic heterocycles. The molecule has 1 rings (SSSR count). The van der Waals surface area contributed by atoms with Gasteiger partial charge in [-0.2, -0.15) is 0 Å². The summed E-state index contributed by atoms with van der Waals surface area (Å²) in [5.74, 6) is -0.0121. The number of esters is 1. The SMILES string of the molecule is CCCCCC[C@@H]1O[C@H](C(C)C)CC(O)=C1C(=O)OC. The highest BCUT2D eigenvalue weighted by atomic mass is 16.5. The van der Waals surface area contributed by atoms with Gasteiger partial charge in [0.1, 0.15) is 11.3 Å². The van der Waals surface area contributed by atoms with Gasteiger partial charge in [0.25, 0.3) is 0 Å². The van der Waals surface area contributed by atoms with Crippen molar-refractivity contribution in [3.8, 4) is 0 Å². The van der Waals surface area contributed by atoms with Crippen LogP contribution in [0.2, 0.25) is 0 Å². The van der Waals surface area contributed by atoms with E-state index in [0.29, 0.717) is 17.9 Å². The number of hydrogen-bond donors (Lipinski definition) is 1. The highest BCUT2D eigenvalue weighted by Crippen LogP contribution is 2.31. The Hall–Kier alpha value is -1.03. The van der Waals surface area contributed by atoms with Crippen LogP contribution in [-0.2, 0) is 14.3 Å². The number of aliphatic hydroxyl groups excluding tert-OH is 1. The molecule has 20 heavy (non-hydrogen) atoms. The van der Waals surface area contributed by atoms with Gasteiger partial charge in [-0.15, -0.1) is 0 Å². The first-order chi connectivity index (χ1) is 9.51. The van der Waals surface area contributed by atoms with Gasteiger partial charge in [0.15, 0.2) is 0 Å². The van der Waals surface area contributed by atoms with Crippen LogP contribution in [0.3, 0.4) is 0 Å². The van der Waals surface area contributed by atoms with E-state index in [9.17, 15) is 9.90 Å². The van der Waals surface area contributed by atoms with E-state index in [1.54, 1.807) is 0 Å². The van der Waals surface area contributed by atoms with Crippen molar-refractivity contribution in [1.29, 1.82) is 0 Å². The van der Waals surface area contributed by atoms with Gasteiger partial charge in [-0.05, 0) is 12.3 Å². The zero-order chi connectivity index (χ0) is 15.1. The minimum atomic E-state index is -0.467. The van der Waals surface area contributed by atoms with Gasteiger partial charge in [-0.25, -0.2) is 4.79 Å². The fourth-order valence-electron chi connectivity index (χ4n) is 2.53. The van der Waals surface area contributed by atoms with Crippen molar-refractivity contribution in [1.82, 2.24) is 0 Å². The fraction of sp³-hybridized carbons (Fsp3) is 0.812. The van der Waals surface area contributed by atoms with Gasteiger partial charge in [0.05, 0.1) is 19.3 Å². The summed E-state index contributed by atoms with van der Waals surface area (Å²) in [7, 11) is 1.34. The van der Waals surface area contributed by atoms with E-state index in [2.05, 4.69) is 20.8 Å². The minimum Gasteiger partial charge on any atom is -0.512 e. The largest absolute Gasteiger partial charge is 0.512 e. The maximum atomic E-state index is 11.8. The van der Waals surface area contributed by atoms with E-state index in [1.807, 2.05) is 0 Å². The van der Waals surface area contributed by atoms with Gasteiger partial charge in [-0.1, -0.05) is 46.5 Å². The molecule has 2 atom stereocenters. The van der Waals surface area contributed by atoms with Crippen molar-refractivity contribution < 1.29 is 19.4 Å². The molecule has 0 spiro atoms. The van der Waals surface area contributed by atoms with Crippen molar-refractivity contribution in [2.75, 3.05) is 7.11 Å². The Morgan fingerprint density at radius 3 is 2.65 bits per heavy atom. The number of rotatable bonds is 7. The zero-order valence-electron chi connectivity index (χ0n) is 13.1. The second kappa shape index (κ2) is 8.30. The van der Waals surface area contributed by atoms with Crippen LogP contribution in [-0.4, -0.2) is 30.4 Å². The summed E-state index contributed by atoms with van der Waals surface area (Å²) in [4.78, 5) is 11.8. The third-order valence-corrected chi connectivity index (χ3v) is 3.84. The van der Waals surface area contributed by atoms with Crippen molar-refractivity contribution in [3.63, 3.8) is 0 Å². The number of hydrogen-bond acceptors (Lipinski definition) is 4. The molecule has 0 aromatic heterocycles. The summed E-state index contributed by atoms with van der Waals surface area (Å²) in [6, 6.07) is 0. The van der Waals surface area contributed by atoms with Crippen LogP contribution in [0.5, 0.6) is 0 Å². The summed E-state index contributed by atoms with van der Waals surface area (Å²) in [5, 5.41) is 10.2. The fourth-order valence-corrected chi connectivity index (χ4v) is 2.53. The minimum absolute atomic E-state index is 0.0282. The average Bonchev–Trinajstić information content (AvgIpc) is 2.42. The van der Waals surface area contributed by atoms with E-state index < -0.39 is 5.97 Å². The molecule has 0 aromatic carbocycles. The Bertz CT molecular complexity index is 346. The first-order valence-electron chi connectivity index (χ1n) is 7.67. The third kappa shape index (κ3) is 4.51. The normalized spacial score (nSPS) is 23.2. The lowest BCUT2D eigenvalue weighted by atomic mass is 9.92. The number of ether oxygens (including phenoxy) is 2. The lowest BCUT2D eigenvalue weighted by Crippen LogP contribution is -2.36. The van der Waals surface area contributed by atoms with Gasteiger partial charge in [0, 0.05) is 6.42 Å². The number of carbonyl (C=O) groups is 1. The van der Waals surface area contributed by atoms with Crippen molar-refractivity contribution >= 4 is 5.97 Å². The first-order valence-corrected chi connectivity index (χ1v) is 7.67. The van der Waals surface area contributed by atoms with Crippen LogP contribution < -0.4 is 0 Å². The summed E-state index contributed by atoms with van der Waals surface area (Å²) in [5.41, 5.74) is 0.320. The van der Waals surface area contributed by atoms with Crippen molar-refractivity contribution in [3.05, 3.63) is 11.3 Å². The monoisotopic (exact) mass is 284 g/mol. The molecular weight excluding hydrogens is 256 g/mol. The van der Waals surface area contributed by atoms with Crippen LogP contribution in [0.4, 0.5) is 0 Å². The van der Waals surface area contributed by atoms with Crippen molar-refractivity contribution in [2.45, 2.75) is 71.5 Å². The number of carbonyl (C=O) groups excluding carboxylic acids is 1.